The maximum atomic E-state index is 14.0. The fraction of sp³-hybridized carbons (Fsp3) is 0.375. The van der Waals surface area contributed by atoms with E-state index in [0.29, 0.717) is 11.6 Å². The summed E-state index contributed by atoms with van der Waals surface area (Å²) in [5.41, 5.74) is 2.48. The van der Waals surface area contributed by atoms with Gasteiger partial charge in [0.25, 0.3) is 0 Å². The Labute approximate surface area is 122 Å². The van der Waals surface area contributed by atoms with E-state index in [1.807, 2.05) is 6.07 Å². The summed E-state index contributed by atoms with van der Waals surface area (Å²) in [7, 11) is 0. The lowest BCUT2D eigenvalue weighted by atomic mass is 10.1. The van der Waals surface area contributed by atoms with Crippen LogP contribution in [0.25, 0.3) is 0 Å². The van der Waals surface area contributed by atoms with E-state index >= 15 is 0 Å². The van der Waals surface area contributed by atoms with Crippen molar-refractivity contribution in [3.05, 3.63) is 52.0 Å². The monoisotopic (exact) mass is 291 g/mol. The van der Waals surface area contributed by atoms with Gasteiger partial charge in [-0.25, -0.2) is 4.39 Å². The highest BCUT2D eigenvalue weighted by molar-refractivity contribution is 7.07. The lowest BCUT2D eigenvalue weighted by Crippen LogP contribution is -2.26. The SMILES string of the molecule is CC(O)c1c(F)cccc1N(Cc1ccsc1)C1CC1. The van der Waals surface area contributed by atoms with Crippen LogP contribution in [-0.2, 0) is 6.54 Å². The summed E-state index contributed by atoms with van der Waals surface area (Å²) in [6.07, 6.45) is 1.48. The van der Waals surface area contributed by atoms with Crippen molar-refractivity contribution < 1.29 is 9.50 Å². The fourth-order valence-corrected chi connectivity index (χ4v) is 3.23. The van der Waals surface area contributed by atoms with Crippen molar-refractivity contribution in [1.82, 2.24) is 0 Å². The first kappa shape index (κ1) is 13.6. The van der Waals surface area contributed by atoms with E-state index in [2.05, 4.69) is 21.7 Å². The van der Waals surface area contributed by atoms with Crippen molar-refractivity contribution in [2.45, 2.75) is 38.5 Å². The average Bonchev–Trinajstić information content (AvgIpc) is 3.12. The van der Waals surface area contributed by atoms with Crippen molar-refractivity contribution in [3.63, 3.8) is 0 Å². The minimum absolute atomic E-state index is 0.325. The maximum Gasteiger partial charge on any atom is 0.131 e. The number of aliphatic hydroxyl groups is 1. The number of hydrogen-bond acceptors (Lipinski definition) is 3. The molecule has 1 atom stereocenters. The molecule has 0 amide bonds. The summed E-state index contributed by atoms with van der Waals surface area (Å²) in [5.74, 6) is -0.325. The molecule has 0 saturated heterocycles. The van der Waals surface area contributed by atoms with Crippen LogP contribution < -0.4 is 4.90 Å². The third-order valence-corrected chi connectivity index (χ3v) is 4.41. The predicted octanol–water partition coefficient (Wildman–Crippen LogP) is 4.11. The first-order valence-corrected chi connectivity index (χ1v) is 7.85. The molecule has 1 N–H and O–H groups in total. The highest BCUT2D eigenvalue weighted by Crippen LogP contribution is 2.38. The molecule has 1 heterocycles. The second-order valence-electron chi connectivity index (χ2n) is 5.34. The van der Waals surface area contributed by atoms with Gasteiger partial charge >= 0.3 is 0 Å². The molecule has 4 heteroatoms. The van der Waals surface area contributed by atoms with E-state index in [4.69, 9.17) is 0 Å². The van der Waals surface area contributed by atoms with Gasteiger partial charge in [0.15, 0.2) is 0 Å². The number of aliphatic hydroxyl groups excluding tert-OH is 1. The minimum Gasteiger partial charge on any atom is -0.389 e. The summed E-state index contributed by atoms with van der Waals surface area (Å²) in [5, 5.41) is 14.1. The Morgan fingerprint density at radius 3 is 2.80 bits per heavy atom. The van der Waals surface area contributed by atoms with Crippen molar-refractivity contribution >= 4 is 17.0 Å². The summed E-state index contributed by atoms with van der Waals surface area (Å²) in [4.78, 5) is 2.23. The molecule has 1 aliphatic rings. The zero-order chi connectivity index (χ0) is 14.1. The Morgan fingerprint density at radius 1 is 1.40 bits per heavy atom. The van der Waals surface area contributed by atoms with Crippen LogP contribution in [0.15, 0.2) is 35.0 Å². The summed E-state index contributed by atoms with van der Waals surface area (Å²) in [6.45, 7) is 2.40. The molecule has 0 aliphatic heterocycles. The van der Waals surface area contributed by atoms with Crippen LogP contribution >= 0.6 is 11.3 Å². The molecule has 0 radical (unpaired) electrons. The highest BCUT2D eigenvalue weighted by atomic mass is 32.1. The second-order valence-corrected chi connectivity index (χ2v) is 6.12. The van der Waals surface area contributed by atoms with E-state index in [0.717, 1.165) is 25.1 Å². The minimum atomic E-state index is -0.796. The smallest absolute Gasteiger partial charge is 0.131 e. The molecule has 2 aromatic rings. The van der Waals surface area contributed by atoms with Gasteiger partial charge in [0.2, 0.25) is 0 Å². The van der Waals surface area contributed by atoms with Gasteiger partial charge < -0.3 is 10.0 Å². The molecule has 1 saturated carbocycles. The number of anilines is 1. The first-order valence-electron chi connectivity index (χ1n) is 6.91. The maximum absolute atomic E-state index is 14.0. The van der Waals surface area contributed by atoms with Crippen LogP contribution in [0.5, 0.6) is 0 Å². The topological polar surface area (TPSA) is 23.5 Å². The van der Waals surface area contributed by atoms with Gasteiger partial charge in [-0.05, 0) is 54.3 Å². The van der Waals surface area contributed by atoms with Crippen LogP contribution in [0, 0.1) is 5.82 Å². The summed E-state index contributed by atoms with van der Waals surface area (Å²) in [6, 6.07) is 7.62. The molecular weight excluding hydrogens is 273 g/mol. The number of benzene rings is 1. The third-order valence-electron chi connectivity index (χ3n) is 3.68. The zero-order valence-electron chi connectivity index (χ0n) is 11.4. The average molecular weight is 291 g/mol. The number of halogens is 1. The molecule has 1 aromatic carbocycles. The summed E-state index contributed by atoms with van der Waals surface area (Å²) < 4.78 is 14.0. The van der Waals surface area contributed by atoms with Crippen LogP contribution in [0.2, 0.25) is 0 Å². The lowest BCUT2D eigenvalue weighted by molar-refractivity contribution is 0.194. The molecule has 1 fully saturated rings. The molecule has 106 valence electrons. The van der Waals surface area contributed by atoms with Crippen LogP contribution in [0.3, 0.4) is 0 Å². The van der Waals surface area contributed by atoms with Crippen LogP contribution in [0.1, 0.15) is 37.0 Å². The molecule has 1 unspecified atom stereocenters. The normalized spacial score (nSPS) is 16.1. The van der Waals surface area contributed by atoms with E-state index < -0.39 is 6.10 Å². The third kappa shape index (κ3) is 2.72. The van der Waals surface area contributed by atoms with E-state index in [-0.39, 0.29) is 5.82 Å². The Morgan fingerprint density at radius 2 is 2.20 bits per heavy atom. The molecule has 1 aromatic heterocycles. The van der Waals surface area contributed by atoms with Crippen LogP contribution in [0.4, 0.5) is 10.1 Å². The van der Waals surface area contributed by atoms with Gasteiger partial charge in [0.05, 0.1) is 6.10 Å². The van der Waals surface area contributed by atoms with Gasteiger partial charge in [-0.15, -0.1) is 0 Å². The van der Waals surface area contributed by atoms with Crippen molar-refractivity contribution in [2.24, 2.45) is 0 Å². The molecule has 0 bridgehead atoms. The van der Waals surface area contributed by atoms with Crippen molar-refractivity contribution in [3.8, 4) is 0 Å². The molecule has 2 nitrogen and oxygen atoms in total. The van der Waals surface area contributed by atoms with Crippen LogP contribution in [-0.4, -0.2) is 11.1 Å². The number of hydrogen-bond donors (Lipinski definition) is 1. The van der Waals surface area contributed by atoms with Gasteiger partial charge in [0.1, 0.15) is 5.82 Å². The molecule has 0 spiro atoms. The molecule has 20 heavy (non-hydrogen) atoms. The number of nitrogens with zero attached hydrogens (tertiary/aromatic N) is 1. The Kier molecular flexibility index (Phi) is 3.76. The standard InChI is InChI=1S/C16H18FNOS/c1-11(19)16-14(17)3-2-4-15(16)18(13-5-6-13)9-12-7-8-20-10-12/h2-4,7-8,10-11,13,19H,5-6,9H2,1H3. The largest absolute Gasteiger partial charge is 0.389 e. The molecular formula is C16H18FNOS. The van der Waals surface area contributed by atoms with E-state index in [1.54, 1.807) is 24.3 Å². The summed E-state index contributed by atoms with van der Waals surface area (Å²) >= 11 is 1.67. The lowest BCUT2D eigenvalue weighted by Gasteiger charge is -2.28. The second kappa shape index (κ2) is 5.54. The van der Waals surface area contributed by atoms with Gasteiger partial charge in [-0.2, -0.15) is 11.3 Å². The Bertz CT molecular complexity index is 578. The zero-order valence-corrected chi connectivity index (χ0v) is 12.2. The van der Waals surface area contributed by atoms with E-state index in [1.165, 1.54) is 11.6 Å². The predicted molar refractivity (Wildman–Crippen MR) is 80.6 cm³/mol. The highest BCUT2D eigenvalue weighted by Gasteiger charge is 2.31. The van der Waals surface area contributed by atoms with Gasteiger partial charge in [-0.1, -0.05) is 6.07 Å². The number of thiophene rings is 1. The van der Waals surface area contributed by atoms with Crippen molar-refractivity contribution in [2.75, 3.05) is 4.90 Å². The van der Waals surface area contributed by atoms with Crippen molar-refractivity contribution in [1.29, 1.82) is 0 Å². The Hall–Kier alpha value is -1.39. The van der Waals surface area contributed by atoms with Gasteiger partial charge in [-0.3, -0.25) is 0 Å². The molecule has 1 aliphatic carbocycles. The van der Waals surface area contributed by atoms with E-state index in [9.17, 15) is 9.50 Å². The first-order chi connectivity index (χ1) is 9.66. The quantitative estimate of drug-likeness (QED) is 0.896. The molecule has 3 rings (SSSR count). The van der Waals surface area contributed by atoms with Gasteiger partial charge in [0, 0.05) is 23.8 Å². The fourth-order valence-electron chi connectivity index (χ4n) is 2.57. The Balaban J connectivity index is 1.97. The number of rotatable bonds is 5.